The van der Waals surface area contributed by atoms with E-state index < -0.39 is 5.41 Å². The second-order valence-electron chi connectivity index (χ2n) is 5.99. The molecule has 3 rings (SSSR count). The fraction of sp³-hybridized carbons (Fsp3) is 0.222. The Bertz CT molecular complexity index is 797. The summed E-state index contributed by atoms with van der Waals surface area (Å²) in [7, 11) is 1.53. The number of para-hydroxylation sites is 1. The lowest BCUT2D eigenvalue weighted by Crippen LogP contribution is -2.26. The van der Waals surface area contributed by atoms with Crippen LogP contribution >= 0.6 is 0 Å². The molecule has 23 heavy (non-hydrogen) atoms. The molecule has 5 heteroatoms. The van der Waals surface area contributed by atoms with Crippen molar-refractivity contribution in [2.24, 2.45) is 0 Å². The maximum atomic E-state index is 12.4. The zero-order chi connectivity index (χ0) is 16.6. The van der Waals surface area contributed by atoms with Crippen LogP contribution in [0, 0.1) is 0 Å². The van der Waals surface area contributed by atoms with Gasteiger partial charge >= 0.3 is 0 Å². The molecule has 1 aliphatic heterocycles. The minimum Gasteiger partial charge on any atom is -0.496 e. The smallest absolute Gasteiger partial charge is 0.259 e. The van der Waals surface area contributed by atoms with Crippen LogP contribution in [0.5, 0.6) is 5.75 Å². The molecule has 0 aliphatic carbocycles. The van der Waals surface area contributed by atoms with Gasteiger partial charge in [-0.05, 0) is 49.7 Å². The van der Waals surface area contributed by atoms with Gasteiger partial charge in [-0.25, -0.2) is 0 Å². The topological polar surface area (TPSA) is 67.4 Å². The summed E-state index contributed by atoms with van der Waals surface area (Å²) in [4.78, 5) is 24.4. The highest BCUT2D eigenvalue weighted by Crippen LogP contribution is 2.38. The molecule has 0 saturated carbocycles. The molecule has 0 unspecified atom stereocenters. The molecule has 118 valence electrons. The zero-order valence-electron chi connectivity index (χ0n) is 13.3. The molecule has 2 amide bonds. The van der Waals surface area contributed by atoms with Gasteiger partial charge in [-0.3, -0.25) is 9.59 Å². The third kappa shape index (κ3) is 2.54. The van der Waals surface area contributed by atoms with Gasteiger partial charge < -0.3 is 15.4 Å². The van der Waals surface area contributed by atoms with Crippen molar-refractivity contribution in [1.29, 1.82) is 0 Å². The molecule has 0 aromatic heterocycles. The van der Waals surface area contributed by atoms with E-state index in [-0.39, 0.29) is 11.8 Å². The van der Waals surface area contributed by atoms with Gasteiger partial charge in [0.2, 0.25) is 5.91 Å². The first-order valence-corrected chi connectivity index (χ1v) is 7.34. The quantitative estimate of drug-likeness (QED) is 0.915. The van der Waals surface area contributed by atoms with Crippen LogP contribution in [-0.2, 0) is 10.2 Å². The molecule has 1 heterocycles. The second kappa shape index (κ2) is 5.43. The van der Waals surface area contributed by atoms with Crippen molar-refractivity contribution in [2.75, 3.05) is 17.7 Å². The number of nitrogens with one attached hydrogen (secondary N) is 2. The van der Waals surface area contributed by atoms with Crippen LogP contribution in [0.4, 0.5) is 11.4 Å². The number of carbonyl (C=O) groups excluding carboxylic acids is 2. The van der Waals surface area contributed by atoms with Crippen molar-refractivity contribution in [3.05, 3.63) is 53.6 Å². The summed E-state index contributed by atoms with van der Waals surface area (Å²) in [5.41, 5.74) is 2.16. The Morgan fingerprint density at radius 1 is 1.17 bits per heavy atom. The van der Waals surface area contributed by atoms with Crippen molar-refractivity contribution < 1.29 is 14.3 Å². The maximum absolute atomic E-state index is 12.4. The molecule has 2 N–H and O–H groups in total. The molecular formula is C18H18N2O3. The predicted molar refractivity (Wildman–Crippen MR) is 89.0 cm³/mol. The maximum Gasteiger partial charge on any atom is 0.259 e. The molecule has 0 radical (unpaired) electrons. The number of carbonyl (C=O) groups is 2. The highest BCUT2D eigenvalue weighted by Gasteiger charge is 2.38. The Labute approximate surface area is 134 Å². The van der Waals surface area contributed by atoms with Crippen molar-refractivity contribution in [1.82, 2.24) is 0 Å². The average Bonchev–Trinajstić information content (AvgIpc) is 2.77. The van der Waals surface area contributed by atoms with Gasteiger partial charge in [-0.1, -0.05) is 12.1 Å². The number of benzene rings is 2. The number of methoxy groups -OCH3 is 1. The first kappa shape index (κ1) is 15.1. The molecule has 0 saturated heterocycles. The summed E-state index contributed by atoms with van der Waals surface area (Å²) < 4.78 is 5.21. The van der Waals surface area contributed by atoms with Crippen LogP contribution in [0.1, 0.15) is 29.8 Å². The molecule has 0 spiro atoms. The zero-order valence-corrected chi connectivity index (χ0v) is 13.3. The highest BCUT2D eigenvalue weighted by atomic mass is 16.5. The summed E-state index contributed by atoms with van der Waals surface area (Å²) in [5.74, 6) is 0.224. The molecule has 2 aromatic rings. The predicted octanol–water partition coefficient (Wildman–Crippen LogP) is 3.18. The lowest BCUT2D eigenvalue weighted by molar-refractivity contribution is -0.119. The van der Waals surface area contributed by atoms with Crippen molar-refractivity contribution in [2.45, 2.75) is 19.3 Å². The third-order valence-corrected chi connectivity index (χ3v) is 4.12. The number of hydrogen-bond acceptors (Lipinski definition) is 3. The van der Waals surface area contributed by atoms with Crippen LogP contribution in [0.3, 0.4) is 0 Å². The summed E-state index contributed by atoms with van der Waals surface area (Å²) in [6, 6.07) is 12.4. The van der Waals surface area contributed by atoms with E-state index in [1.807, 2.05) is 26.0 Å². The van der Waals surface area contributed by atoms with Crippen LogP contribution in [0.2, 0.25) is 0 Å². The van der Waals surface area contributed by atoms with Gasteiger partial charge in [-0.2, -0.15) is 0 Å². The number of rotatable bonds is 3. The third-order valence-electron chi connectivity index (χ3n) is 4.12. The molecule has 0 atom stereocenters. The van der Waals surface area contributed by atoms with E-state index >= 15 is 0 Å². The minimum atomic E-state index is -0.611. The molecule has 5 nitrogen and oxygen atoms in total. The van der Waals surface area contributed by atoms with Crippen LogP contribution in [0.25, 0.3) is 0 Å². The molecule has 0 fully saturated rings. The Morgan fingerprint density at radius 3 is 2.65 bits per heavy atom. The van der Waals surface area contributed by atoms with Gasteiger partial charge in [0.05, 0.1) is 18.1 Å². The van der Waals surface area contributed by atoms with E-state index in [2.05, 4.69) is 10.6 Å². The second-order valence-corrected chi connectivity index (χ2v) is 5.99. The fourth-order valence-electron chi connectivity index (χ4n) is 2.68. The van der Waals surface area contributed by atoms with Crippen LogP contribution in [-0.4, -0.2) is 18.9 Å². The molecular weight excluding hydrogens is 292 g/mol. The Morgan fingerprint density at radius 2 is 1.91 bits per heavy atom. The Hall–Kier alpha value is -2.82. The monoisotopic (exact) mass is 310 g/mol. The summed E-state index contributed by atoms with van der Waals surface area (Å²) >= 11 is 0. The van der Waals surface area contributed by atoms with Gasteiger partial charge in [0.1, 0.15) is 5.75 Å². The molecule has 1 aliphatic rings. The van der Waals surface area contributed by atoms with E-state index in [1.54, 1.807) is 30.3 Å². The number of hydrogen-bond donors (Lipinski definition) is 2. The van der Waals surface area contributed by atoms with Gasteiger partial charge in [0, 0.05) is 11.4 Å². The summed E-state index contributed by atoms with van der Waals surface area (Å²) in [6.07, 6.45) is 0. The van der Waals surface area contributed by atoms with Crippen molar-refractivity contribution >= 4 is 23.2 Å². The Balaban J connectivity index is 1.89. The summed E-state index contributed by atoms with van der Waals surface area (Å²) in [5, 5.41) is 5.70. The standard InChI is InChI=1S/C18H18N2O3/c1-18(2)13-10-11(8-9-14(13)20-17(18)22)19-16(21)12-6-4-5-7-15(12)23-3/h4-10H,1-3H3,(H,19,21)(H,20,22). The van der Waals surface area contributed by atoms with E-state index in [0.717, 1.165) is 11.3 Å². The van der Waals surface area contributed by atoms with Crippen molar-refractivity contribution in [3.8, 4) is 5.75 Å². The highest BCUT2D eigenvalue weighted by molar-refractivity contribution is 6.08. The van der Waals surface area contributed by atoms with Gasteiger partial charge in [0.15, 0.2) is 0 Å². The lowest BCUT2D eigenvalue weighted by atomic mass is 9.86. The Kier molecular flexibility index (Phi) is 3.56. The van der Waals surface area contributed by atoms with E-state index in [1.165, 1.54) is 7.11 Å². The van der Waals surface area contributed by atoms with E-state index in [0.29, 0.717) is 17.0 Å². The van der Waals surface area contributed by atoms with Gasteiger partial charge in [0.25, 0.3) is 5.91 Å². The summed E-state index contributed by atoms with van der Waals surface area (Å²) in [6.45, 7) is 3.72. The fourth-order valence-corrected chi connectivity index (χ4v) is 2.68. The first-order valence-electron chi connectivity index (χ1n) is 7.34. The van der Waals surface area contributed by atoms with E-state index in [4.69, 9.17) is 4.74 Å². The van der Waals surface area contributed by atoms with E-state index in [9.17, 15) is 9.59 Å². The number of amides is 2. The van der Waals surface area contributed by atoms with Crippen molar-refractivity contribution in [3.63, 3.8) is 0 Å². The molecule has 0 bridgehead atoms. The first-order chi connectivity index (χ1) is 10.9. The number of fused-ring (bicyclic) bond motifs is 1. The number of ether oxygens (including phenoxy) is 1. The average molecular weight is 310 g/mol. The van der Waals surface area contributed by atoms with Gasteiger partial charge in [-0.15, -0.1) is 0 Å². The number of anilines is 2. The lowest BCUT2D eigenvalue weighted by Gasteiger charge is -2.16. The van der Waals surface area contributed by atoms with Crippen LogP contribution < -0.4 is 15.4 Å². The van der Waals surface area contributed by atoms with Crippen LogP contribution in [0.15, 0.2) is 42.5 Å². The largest absolute Gasteiger partial charge is 0.496 e. The SMILES string of the molecule is COc1ccccc1C(=O)Nc1ccc2c(c1)C(C)(C)C(=O)N2. The molecule has 2 aromatic carbocycles. The minimum absolute atomic E-state index is 0.0410. The normalized spacial score (nSPS) is 14.8.